The molecule has 0 saturated heterocycles. The SMILES string of the molecule is CCCCC(C(=O)O)c1ccc(C)s1. The molecule has 78 valence electrons. The van der Waals surface area contributed by atoms with E-state index < -0.39 is 5.97 Å². The van der Waals surface area contributed by atoms with E-state index in [1.54, 1.807) is 11.3 Å². The number of carboxylic acids is 1. The van der Waals surface area contributed by atoms with Crippen molar-refractivity contribution in [3.8, 4) is 0 Å². The molecule has 0 radical (unpaired) electrons. The van der Waals surface area contributed by atoms with Crippen molar-refractivity contribution >= 4 is 17.3 Å². The molecule has 1 heterocycles. The predicted molar refractivity (Wildman–Crippen MR) is 59.0 cm³/mol. The van der Waals surface area contributed by atoms with E-state index in [0.717, 1.165) is 24.1 Å². The predicted octanol–water partition coefficient (Wildman–Crippen LogP) is 3.41. The summed E-state index contributed by atoms with van der Waals surface area (Å²) in [6.45, 7) is 4.09. The van der Waals surface area contributed by atoms with E-state index in [-0.39, 0.29) is 5.92 Å². The lowest BCUT2D eigenvalue weighted by molar-refractivity contribution is -0.138. The van der Waals surface area contributed by atoms with Crippen LogP contribution in [0.2, 0.25) is 0 Å². The summed E-state index contributed by atoms with van der Waals surface area (Å²) in [6.07, 6.45) is 2.79. The zero-order valence-electron chi connectivity index (χ0n) is 8.62. The van der Waals surface area contributed by atoms with Crippen molar-refractivity contribution in [2.24, 2.45) is 0 Å². The van der Waals surface area contributed by atoms with Gasteiger partial charge < -0.3 is 5.11 Å². The Morgan fingerprint density at radius 3 is 2.71 bits per heavy atom. The lowest BCUT2D eigenvalue weighted by atomic mass is 10.0. The van der Waals surface area contributed by atoms with Crippen LogP contribution in [0.4, 0.5) is 0 Å². The number of hydrogen-bond donors (Lipinski definition) is 1. The van der Waals surface area contributed by atoms with Crippen molar-refractivity contribution in [2.45, 2.75) is 39.0 Å². The molecule has 1 atom stereocenters. The van der Waals surface area contributed by atoms with E-state index >= 15 is 0 Å². The zero-order chi connectivity index (χ0) is 10.6. The van der Waals surface area contributed by atoms with Crippen LogP contribution in [-0.2, 0) is 4.79 Å². The Balaban J connectivity index is 2.72. The highest BCUT2D eigenvalue weighted by atomic mass is 32.1. The Morgan fingerprint density at radius 1 is 1.57 bits per heavy atom. The van der Waals surface area contributed by atoms with Gasteiger partial charge in [-0.15, -0.1) is 11.3 Å². The summed E-state index contributed by atoms with van der Waals surface area (Å²) in [5, 5.41) is 9.07. The van der Waals surface area contributed by atoms with E-state index in [9.17, 15) is 4.79 Å². The zero-order valence-corrected chi connectivity index (χ0v) is 9.43. The standard InChI is InChI=1S/C11H16O2S/c1-3-4-5-9(11(12)13)10-7-6-8(2)14-10/h6-7,9H,3-5H2,1-2H3,(H,12,13). The van der Waals surface area contributed by atoms with Crippen LogP contribution in [-0.4, -0.2) is 11.1 Å². The summed E-state index contributed by atoms with van der Waals surface area (Å²) in [5.41, 5.74) is 0. The first kappa shape index (κ1) is 11.2. The van der Waals surface area contributed by atoms with Crippen LogP contribution in [0, 0.1) is 6.92 Å². The van der Waals surface area contributed by atoms with Gasteiger partial charge in [-0.3, -0.25) is 4.79 Å². The molecular weight excluding hydrogens is 196 g/mol. The summed E-state index contributed by atoms with van der Waals surface area (Å²) in [5.74, 6) is -0.992. The first-order valence-electron chi connectivity index (χ1n) is 4.94. The normalized spacial score (nSPS) is 12.7. The Kier molecular flexibility index (Phi) is 4.14. The third-order valence-corrected chi connectivity index (χ3v) is 3.36. The highest BCUT2D eigenvalue weighted by molar-refractivity contribution is 7.12. The lowest BCUT2D eigenvalue weighted by Crippen LogP contribution is -2.09. The molecule has 3 heteroatoms. The number of thiophene rings is 1. The Morgan fingerprint density at radius 2 is 2.29 bits per heavy atom. The van der Waals surface area contributed by atoms with Crippen molar-refractivity contribution in [3.63, 3.8) is 0 Å². The number of rotatable bonds is 5. The van der Waals surface area contributed by atoms with E-state index in [4.69, 9.17) is 5.11 Å². The molecule has 2 nitrogen and oxygen atoms in total. The van der Waals surface area contributed by atoms with Crippen LogP contribution in [0.5, 0.6) is 0 Å². The first-order valence-corrected chi connectivity index (χ1v) is 5.76. The number of aryl methyl sites for hydroxylation is 1. The Hall–Kier alpha value is -0.830. The van der Waals surface area contributed by atoms with Crippen LogP contribution >= 0.6 is 11.3 Å². The molecule has 1 unspecified atom stereocenters. The largest absolute Gasteiger partial charge is 0.481 e. The van der Waals surface area contributed by atoms with Crippen LogP contribution < -0.4 is 0 Å². The van der Waals surface area contributed by atoms with Crippen molar-refractivity contribution in [1.82, 2.24) is 0 Å². The molecule has 1 N–H and O–H groups in total. The molecule has 0 bridgehead atoms. The van der Waals surface area contributed by atoms with Crippen molar-refractivity contribution in [2.75, 3.05) is 0 Å². The molecule has 0 aliphatic heterocycles. The van der Waals surface area contributed by atoms with Crippen molar-refractivity contribution < 1.29 is 9.90 Å². The lowest BCUT2D eigenvalue weighted by Gasteiger charge is -2.08. The molecular formula is C11H16O2S. The second kappa shape index (κ2) is 5.15. The third-order valence-electron chi connectivity index (χ3n) is 2.25. The second-order valence-electron chi connectivity index (χ2n) is 3.48. The highest BCUT2D eigenvalue weighted by Gasteiger charge is 2.20. The summed E-state index contributed by atoms with van der Waals surface area (Å²) >= 11 is 1.59. The summed E-state index contributed by atoms with van der Waals surface area (Å²) in [4.78, 5) is 13.2. The third kappa shape index (κ3) is 2.84. The minimum absolute atomic E-state index is 0.298. The highest BCUT2D eigenvalue weighted by Crippen LogP contribution is 2.28. The topological polar surface area (TPSA) is 37.3 Å². The van der Waals surface area contributed by atoms with E-state index in [0.29, 0.717) is 0 Å². The maximum absolute atomic E-state index is 11.0. The number of unbranched alkanes of at least 4 members (excludes halogenated alkanes) is 1. The number of aliphatic carboxylic acids is 1. The molecule has 0 amide bonds. The van der Waals surface area contributed by atoms with Crippen molar-refractivity contribution in [1.29, 1.82) is 0 Å². The minimum Gasteiger partial charge on any atom is -0.481 e. The quantitative estimate of drug-likeness (QED) is 0.812. The van der Waals surface area contributed by atoms with Gasteiger partial charge in [0.25, 0.3) is 0 Å². The van der Waals surface area contributed by atoms with Crippen LogP contribution in [0.1, 0.15) is 41.9 Å². The van der Waals surface area contributed by atoms with E-state index in [2.05, 4.69) is 6.92 Å². The maximum atomic E-state index is 11.0. The molecule has 1 aromatic heterocycles. The molecule has 0 saturated carbocycles. The molecule has 0 fully saturated rings. The molecule has 0 aliphatic carbocycles. The fourth-order valence-corrected chi connectivity index (χ4v) is 2.44. The van der Waals surface area contributed by atoms with Gasteiger partial charge in [-0.2, -0.15) is 0 Å². The molecule has 14 heavy (non-hydrogen) atoms. The maximum Gasteiger partial charge on any atom is 0.311 e. The van der Waals surface area contributed by atoms with Gasteiger partial charge in [0, 0.05) is 9.75 Å². The van der Waals surface area contributed by atoms with Gasteiger partial charge >= 0.3 is 5.97 Å². The summed E-state index contributed by atoms with van der Waals surface area (Å²) < 4.78 is 0. The Bertz CT molecular complexity index is 304. The van der Waals surface area contributed by atoms with E-state index in [1.807, 2.05) is 19.1 Å². The molecule has 0 aliphatic rings. The Labute approximate surface area is 88.6 Å². The van der Waals surface area contributed by atoms with E-state index in [1.165, 1.54) is 4.88 Å². The fraction of sp³-hybridized carbons (Fsp3) is 0.545. The van der Waals surface area contributed by atoms with Crippen LogP contribution in [0.25, 0.3) is 0 Å². The number of carboxylic acid groups (broad SMARTS) is 1. The fourth-order valence-electron chi connectivity index (χ4n) is 1.44. The minimum atomic E-state index is -0.694. The average Bonchev–Trinajstić information content (AvgIpc) is 2.52. The van der Waals surface area contributed by atoms with Crippen LogP contribution in [0.15, 0.2) is 12.1 Å². The second-order valence-corrected chi connectivity index (χ2v) is 4.80. The van der Waals surface area contributed by atoms with Crippen molar-refractivity contribution in [3.05, 3.63) is 21.9 Å². The molecule has 0 aromatic carbocycles. The van der Waals surface area contributed by atoms with Gasteiger partial charge in [-0.1, -0.05) is 19.8 Å². The molecule has 1 rings (SSSR count). The monoisotopic (exact) mass is 212 g/mol. The van der Waals surface area contributed by atoms with Gasteiger partial charge in [0.1, 0.15) is 0 Å². The number of hydrogen-bond acceptors (Lipinski definition) is 2. The summed E-state index contributed by atoms with van der Waals surface area (Å²) in [7, 11) is 0. The number of carbonyl (C=O) groups is 1. The smallest absolute Gasteiger partial charge is 0.311 e. The van der Waals surface area contributed by atoms with Gasteiger partial charge in [-0.05, 0) is 25.5 Å². The van der Waals surface area contributed by atoms with Crippen LogP contribution in [0.3, 0.4) is 0 Å². The van der Waals surface area contributed by atoms with Gasteiger partial charge in [0.15, 0.2) is 0 Å². The first-order chi connectivity index (χ1) is 6.65. The van der Waals surface area contributed by atoms with Gasteiger partial charge in [-0.25, -0.2) is 0 Å². The van der Waals surface area contributed by atoms with Gasteiger partial charge in [0.05, 0.1) is 5.92 Å². The molecule has 1 aromatic rings. The van der Waals surface area contributed by atoms with Gasteiger partial charge in [0.2, 0.25) is 0 Å². The summed E-state index contributed by atoms with van der Waals surface area (Å²) in [6, 6.07) is 3.93. The average molecular weight is 212 g/mol. The molecule has 0 spiro atoms.